The van der Waals surface area contributed by atoms with Crippen LogP contribution in [0.2, 0.25) is 0 Å². The smallest absolute Gasteiger partial charge is 0.303 e. The Kier molecular flexibility index (Phi) is 7.18. The largest absolute Gasteiger partial charge is 0.481 e. The Labute approximate surface area is 142 Å². The van der Waals surface area contributed by atoms with E-state index in [1.165, 1.54) is 24.1 Å². The highest BCUT2D eigenvalue weighted by Crippen LogP contribution is 2.30. The number of carboxylic acids is 1. The van der Waals surface area contributed by atoms with Crippen molar-refractivity contribution in [2.75, 3.05) is 19.3 Å². The normalized spacial score (nSPS) is 10.2. The summed E-state index contributed by atoms with van der Waals surface area (Å²) in [4.78, 5) is 45.5. The van der Waals surface area contributed by atoms with Gasteiger partial charge in [-0.3, -0.25) is 24.5 Å². The molecule has 24 heavy (non-hydrogen) atoms. The van der Waals surface area contributed by atoms with Crippen molar-refractivity contribution in [2.24, 2.45) is 5.73 Å². The van der Waals surface area contributed by atoms with Crippen LogP contribution in [0.25, 0.3) is 0 Å². The van der Waals surface area contributed by atoms with E-state index < -0.39 is 16.8 Å². The van der Waals surface area contributed by atoms with E-state index in [9.17, 15) is 24.5 Å². The standard InChI is InChI=1S/C14H17N3O6S/c1-16(6-2-3-13(19)20)12(18)8-24-11-5-4-9(14(15)21)7-10(11)17(22)23/h4-5,7H,2-3,6,8H2,1H3,(H2,15,21)(H,19,20). The highest BCUT2D eigenvalue weighted by atomic mass is 32.2. The lowest BCUT2D eigenvalue weighted by Gasteiger charge is -2.16. The quantitative estimate of drug-likeness (QED) is 0.383. The minimum Gasteiger partial charge on any atom is -0.481 e. The molecule has 9 nitrogen and oxygen atoms in total. The lowest BCUT2D eigenvalue weighted by Crippen LogP contribution is -2.29. The maximum atomic E-state index is 12.0. The highest BCUT2D eigenvalue weighted by Gasteiger charge is 2.19. The van der Waals surface area contributed by atoms with E-state index in [-0.39, 0.29) is 40.8 Å². The molecule has 0 saturated heterocycles. The zero-order valence-corrected chi connectivity index (χ0v) is 13.7. The number of hydrogen-bond acceptors (Lipinski definition) is 6. The molecule has 10 heteroatoms. The number of carbonyl (C=O) groups is 3. The molecule has 0 spiro atoms. The van der Waals surface area contributed by atoms with Crippen LogP contribution in [0.3, 0.4) is 0 Å². The monoisotopic (exact) mass is 355 g/mol. The number of primary amides is 1. The second-order valence-corrected chi connectivity index (χ2v) is 5.92. The maximum Gasteiger partial charge on any atom is 0.303 e. The van der Waals surface area contributed by atoms with Gasteiger partial charge < -0.3 is 15.7 Å². The molecule has 0 fully saturated rings. The summed E-state index contributed by atoms with van der Waals surface area (Å²) in [5.41, 5.74) is 4.81. The average molecular weight is 355 g/mol. The minimum absolute atomic E-state index is 0.0168. The van der Waals surface area contributed by atoms with Crippen molar-refractivity contribution >= 4 is 35.2 Å². The summed E-state index contributed by atoms with van der Waals surface area (Å²) in [5, 5.41) is 19.6. The van der Waals surface area contributed by atoms with Crippen molar-refractivity contribution in [3.05, 3.63) is 33.9 Å². The van der Waals surface area contributed by atoms with E-state index in [1.54, 1.807) is 0 Å². The molecule has 1 aromatic rings. The summed E-state index contributed by atoms with van der Waals surface area (Å²) in [5.74, 6) is -2.03. The third-order valence-corrected chi connectivity index (χ3v) is 4.15. The van der Waals surface area contributed by atoms with Crippen LogP contribution >= 0.6 is 11.8 Å². The van der Waals surface area contributed by atoms with Gasteiger partial charge in [-0.1, -0.05) is 0 Å². The van der Waals surface area contributed by atoms with E-state index in [4.69, 9.17) is 10.8 Å². The molecule has 0 heterocycles. The molecule has 3 N–H and O–H groups in total. The SMILES string of the molecule is CN(CCCC(=O)O)C(=O)CSc1ccc(C(N)=O)cc1[N+](=O)[O-]. The fourth-order valence-electron chi connectivity index (χ4n) is 1.78. The van der Waals surface area contributed by atoms with Gasteiger partial charge in [0.2, 0.25) is 11.8 Å². The Bertz CT molecular complexity index is 664. The van der Waals surface area contributed by atoms with Gasteiger partial charge in [-0.15, -0.1) is 11.8 Å². The molecular formula is C14H17N3O6S. The van der Waals surface area contributed by atoms with Gasteiger partial charge >= 0.3 is 5.97 Å². The van der Waals surface area contributed by atoms with Gasteiger partial charge in [0.1, 0.15) is 0 Å². The fourth-order valence-corrected chi connectivity index (χ4v) is 2.72. The van der Waals surface area contributed by atoms with Gasteiger partial charge in [0, 0.05) is 31.6 Å². The number of carboxylic acid groups (broad SMARTS) is 1. The van der Waals surface area contributed by atoms with E-state index in [2.05, 4.69) is 0 Å². The third-order valence-electron chi connectivity index (χ3n) is 3.10. The van der Waals surface area contributed by atoms with Gasteiger partial charge in [0.25, 0.3) is 5.69 Å². The topological polar surface area (TPSA) is 144 Å². The van der Waals surface area contributed by atoms with Gasteiger partial charge in [-0.25, -0.2) is 0 Å². The first-order valence-corrected chi connectivity index (χ1v) is 7.87. The second kappa shape index (κ2) is 8.87. The van der Waals surface area contributed by atoms with Crippen LogP contribution in [-0.4, -0.2) is 52.1 Å². The third kappa shape index (κ3) is 5.88. The lowest BCUT2D eigenvalue weighted by molar-refractivity contribution is -0.387. The van der Waals surface area contributed by atoms with E-state index in [1.807, 2.05) is 0 Å². The Morgan fingerprint density at radius 2 is 2.04 bits per heavy atom. The van der Waals surface area contributed by atoms with Crippen LogP contribution in [-0.2, 0) is 9.59 Å². The molecule has 2 amide bonds. The molecule has 0 atom stereocenters. The summed E-state index contributed by atoms with van der Waals surface area (Å²) >= 11 is 0.971. The number of nitro groups is 1. The molecule has 0 aliphatic heterocycles. The predicted molar refractivity (Wildman–Crippen MR) is 86.8 cm³/mol. The van der Waals surface area contributed by atoms with Crippen LogP contribution < -0.4 is 5.73 Å². The molecule has 130 valence electrons. The molecular weight excluding hydrogens is 338 g/mol. The molecule has 0 unspecified atom stereocenters. The molecule has 0 radical (unpaired) electrons. The fraction of sp³-hybridized carbons (Fsp3) is 0.357. The highest BCUT2D eigenvalue weighted by molar-refractivity contribution is 8.00. The van der Waals surface area contributed by atoms with Crippen molar-refractivity contribution in [3.63, 3.8) is 0 Å². The Morgan fingerprint density at radius 1 is 1.38 bits per heavy atom. The zero-order valence-electron chi connectivity index (χ0n) is 12.9. The maximum absolute atomic E-state index is 12.0. The summed E-state index contributed by atoms with van der Waals surface area (Å²) in [6, 6.07) is 3.81. The van der Waals surface area contributed by atoms with Crippen LogP contribution in [0, 0.1) is 10.1 Å². The van der Waals surface area contributed by atoms with Crippen molar-refractivity contribution in [1.82, 2.24) is 4.90 Å². The summed E-state index contributed by atoms with van der Waals surface area (Å²) in [6.45, 7) is 0.286. The number of thioether (sulfide) groups is 1. The summed E-state index contributed by atoms with van der Waals surface area (Å²) < 4.78 is 0. The van der Waals surface area contributed by atoms with E-state index in [0.717, 1.165) is 17.8 Å². The predicted octanol–water partition coefficient (Wildman–Crippen LogP) is 1.11. The number of benzene rings is 1. The average Bonchev–Trinajstić information content (AvgIpc) is 2.51. The molecule has 0 bridgehead atoms. The molecule has 0 aliphatic carbocycles. The van der Waals surface area contributed by atoms with E-state index >= 15 is 0 Å². The first-order chi connectivity index (χ1) is 11.2. The van der Waals surface area contributed by atoms with Gasteiger partial charge in [-0.05, 0) is 18.6 Å². The minimum atomic E-state index is -0.935. The molecule has 0 aliphatic rings. The van der Waals surface area contributed by atoms with Crippen LogP contribution in [0.4, 0.5) is 5.69 Å². The van der Waals surface area contributed by atoms with Crippen molar-refractivity contribution in [1.29, 1.82) is 0 Å². The molecule has 0 saturated carbocycles. The number of hydrogen-bond donors (Lipinski definition) is 2. The molecule has 1 rings (SSSR count). The van der Waals surface area contributed by atoms with Gasteiger partial charge in [0.15, 0.2) is 0 Å². The van der Waals surface area contributed by atoms with Gasteiger partial charge in [-0.2, -0.15) is 0 Å². The number of aliphatic carboxylic acids is 1. The number of nitrogens with zero attached hydrogens (tertiary/aromatic N) is 2. The van der Waals surface area contributed by atoms with Crippen molar-refractivity contribution in [2.45, 2.75) is 17.7 Å². The number of amides is 2. The first-order valence-electron chi connectivity index (χ1n) is 6.89. The second-order valence-electron chi connectivity index (χ2n) is 4.91. The number of nitrogens with two attached hydrogens (primary N) is 1. The van der Waals surface area contributed by atoms with Crippen molar-refractivity contribution in [3.8, 4) is 0 Å². The zero-order chi connectivity index (χ0) is 18.3. The van der Waals surface area contributed by atoms with Crippen LogP contribution in [0.15, 0.2) is 23.1 Å². The lowest BCUT2D eigenvalue weighted by atomic mass is 10.2. The molecule has 1 aromatic carbocycles. The summed E-state index contributed by atoms with van der Waals surface area (Å²) in [6.07, 6.45) is 0.292. The molecule has 0 aromatic heterocycles. The first kappa shape index (κ1) is 19.4. The summed E-state index contributed by atoms with van der Waals surface area (Å²) in [7, 11) is 1.54. The van der Waals surface area contributed by atoms with Crippen LogP contribution in [0.1, 0.15) is 23.2 Å². The Hall–Kier alpha value is -2.62. The van der Waals surface area contributed by atoms with E-state index in [0.29, 0.717) is 6.42 Å². The number of rotatable bonds is 9. The Morgan fingerprint density at radius 3 is 2.58 bits per heavy atom. The van der Waals surface area contributed by atoms with Crippen molar-refractivity contribution < 1.29 is 24.4 Å². The van der Waals surface area contributed by atoms with Crippen LogP contribution in [0.5, 0.6) is 0 Å². The Balaban J connectivity index is 2.69. The van der Waals surface area contributed by atoms with Gasteiger partial charge in [0.05, 0.1) is 15.6 Å². The number of nitro benzene ring substituents is 1. The number of carbonyl (C=O) groups excluding carboxylic acids is 2.